The van der Waals surface area contributed by atoms with Crippen LogP contribution in [0.5, 0.6) is 23.0 Å². The van der Waals surface area contributed by atoms with Crippen molar-refractivity contribution in [3.8, 4) is 23.0 Å². The molecule has 0 spiro atoms. The van der Waals surface area contributed by atoms with Gasteiger partial charge in [0, 0.05) is 5.39 Å². The molecule has 0 aliphatic heterocycles. The van der Waals surface area contributed by atoms with E-state index >= 15 is 0 Å². The van der Waals surface area contributed by atoms with Gasteiger partial charge in [-0.1, -0.05) is 6.07 Å². The maximum Gasteiger partial charge on any atom is 0.220 e. The molecular formula is C20H18NO4+. The summed E-state index contributed by atoms with van der Waals surface area (Å²) in [7, 11) is 5.19. The highest BCUT2D eigenvalue weighted by Gasteiger charge is 2.19. The van der Waals surface area contributed by atoms with Gasteiger partial charge in [-0.15, -0.1) is 0 Å². The first-order chi connectivity index (χ1) is 12.0. The van der Waals surface area contributed by atoms with Crippen molar-refractivity contribution in [2.45, 2.75) is 0 Å². The molecule has 0 saturated heterocycles. The molecule has 3 aromatic carbocycles. The lowest BCUT2D eigenvalue weighted by molar-refractivity contribution is -0.642. The Hall–Kier alpha value is -3.21. The smallest absolute Gasteiger partial charge is 0.220 e. The van der Waals surface area contributed by atoms with Gasteiger partial charge in [-0.2, -0.15) is 4.57 Å². The molecule has 4 rings (SSSR count). The molecule has 0 aliphatic rings. The van der Waals surface area contributed by atoms with E-state index in [4.69, 9.17) is 9.47 Å². The van der Waals surface area contributed by atoms with E-state index in [2.05, 4.69) is 0 Å². The Morgan fingerprint density at radius 1 is 0.800 bits per heavy atom. The van der Waals surface area contributed by atoms with Gasteiger partial charge in [-0.3, -0.25) is 0 Å². The molecule has 0 amide bonds. The average molecular weight is 336 g/mol. The summed E-state index contributed by atoms with van der Waals surface area (Å²) in [6.07, 6.45) is 1.99. The lowest BCUT2D eigenvalue weighted by Crippen LogP contribution is -2.28. The molecule has 2 N–H and O–H groups in total. The molecule has 0 fully saturated rings. The third kappa shape index (κ3) is 2.12. The van der Waals surface area contributed by atoms with Gasteiger partial charge in [0.1, 0.15) is 7.05 Å². The minimum absolute atomic E-state index is 0.123. The highest BCUT2D eigenvalue weighted by Crippen LogP contribution is 2.39. The lowest BCUT2D eigenvalue weighted by atomic mass is 10.00. The van der Waals surface area contributed by atoms with Crippen molar-refractivity contribution in [2.75, 3.05) is 14.2 Å². The zero-order valence-corrected chi connectivity index (χ0v) is 14.2. The highest BCUT2D eigenvalue weighted by atomic mass is 16.5. The van der Waals surface area contributed by atoms with Crippen molar-refractivity contribution in [1.29, 1.82) is 0 Å². The molecule has 0 unspecified atom stereocenters. The fourth-order valence-corrected chi connectivity index (χ4v) is 3.50. The Labute approximate surface area is 144 Å². The summed E-state index contributed by atoms with van der Waals surface area (Å²) in [4.78, 5) is 0. The van der Waals surface area contributed by atoms with E-state index in [1.807, 2.05) is 42.1 Å². The minimum Gasteiger partial charge on any atom is -0.504 e. The van der Waals surface area contributed by atoms with Gasteiger partial charge in [0.05, 0.1) is 30.4 Å². The molecule has 5 nitrogen and oxygen atoms in total. The number of hydrogen-bond donors (Lipinski definition) is 2. The van der Waals surface area contributed by atoms with Gasteiger partial charge in [0.2, 0.25) is 5.52 Å². The van der Waals surface area contributed by atoms with Crippen molar-refractivity contribution in [3.63, 3.8) is 0 Å². The second kappa shape index (κ2) is 5.41. The van der Waals surface area contributed by atoms with E-state index in [0.29, 0.717) is 11.5 Å². The van der Waals surface area contributed by atoms with Crippen molar-refractivity contribution in [1.82, 2.24) is 0 Å². The SMILES string of the molecule is COc1ccc2c(c[n+](C)c3c4cc(O)c(O)cc4ccc23)c1OC. The third-order valence-corrected chi connectivity index (χ3v) is 4.64. The first kappa shape index (κ1) is 15.3. The molecule has 5 heteroatoms. The molecule has 1 heterocycles. The number of fused-ring (bicyclic) bond motifs is 5. The summed E-state index contributed by atoms with van der Waals surface area (Å²) >= 11 is 0. The summed E-state index contributed by atoms with van der Waals surface area (Å²) in [5.74, 6) is 1.11. The number of aromatic hydroxyl groups is 2. The number of methoxy groups -OCH3 is 2. The Morgan fingerprint density at radius 2 is 1.52 bits per heavy atom. The van der Waals surface area contributed by atoms with Crippen LogP contribution in [0.25, 0.3) is 32.4 Å². The molecular weight excluding hydrogens is 318 g/mol. The van der Waals surface area contributed by atoms with Crippen LogP contribution in [0, 0.1) is 0 Å². The number of phenols is 2. The quantitative estimate of drug-likeness (QED) is 0.335. The van der Waals surface area contributed by atoms with E-state index in [1.165, 1.54) is 0 Å². The van der Waals surface area contributed by atoms with Crippen LogP contribution in [0.3, 0.4) is 0 Å². The maximum absolute atomic E-state index is 9.94. The molecule has 25 heavy (non-hydrogen) atoms. The standard InChI is InChI=1S/C20H17NO4/c1-21-10-15-12(6-7-18(24-2)20(15)25-3)13-5-4-11-8-16(22)17(23)9-14(11)19(13)21/h4-10,23H,1-3H3/p+1. The molecule has 126 valence electrons. The van der Waals surface area contributed by atoms with Crippen LogP contribution in [-0.4, -0.2) is 24.4 Å². The molecule has 0 bridgehead atoms. The van der Waals surface area contributed by atoms with Crippen molar-refractivity contribution >= 4 is 32.4 Å². The number of pyridine rings is 1. The van der Waals surface area contributed by atoms with Gasteiger partial charge in [-0.05, 0) is 35.7 Å². The Balaban J connectivity index is 2.22. The first-order valence-corrected chi connectivity index (χ1v) is 7.87. The number of ether oxygens (including phenoxy) is 2. The van der Waals surface area contributed by atoms with Crippen LogP contribution >= 0.6 is 0 Å². The molecule has 0 radical (unpaired) electrons. The van der Waals surface area contributed by atoms with E-state index in [1.54, 1.807) is 26.4 Å². The van der Waals surface area contributed by atoms with Gasteiger partial charge >= 0.3 is 0 Å². The van der Waals surface area contributed by atoms with Crippen LogP contribution in [0.2, 0.25) is 0 Å². The normalized spacial score (nSPS) is 11.3. The predicted molar refractivity (Wildman–Crippen MR) is 96.6 cm³/mol. The number of aryl methyl sites for hydroxylation is 1. The number of rotatable bonds is 2. The fraction of sp³-hybridized carbons (Fsp3) is 0.150. The van der Waals surface area contributed by atoms with Crippen molar-refractivity contribution in [3.05, 3.63) is 42.6 Å². The fourth-order valence-electron chi connectivity index (χ4n) is 3.50. The van der Waals surface area contributed by atoms with E-state index < -0.39 is 0 Å². The summed E-state index contributed by atoms with van der Waals surface area (Å²) in [6, 6.07) is 11.0. The topological polar surface area (TPSA) is 62.8 Å². The van der Waals surface area contributed by atoms with Crippen LogP contribution in [0.1, 0.15) is 0 Å². The Morgan fingerprint density at radius 3 is 2.24 bits per heavy atom. The average Bonchev–Trinajstić information content (AvgIpc) is 2.61. The van der Waals surface area contributed by atoms with Crippen LogP contribution in [0.4, 0.5) is 0 Å². The van der Waals surface area contributed by atoms with Gasteiger partial charge in [0.15, 0.2) is 29.2 Å². The zero-order chi connectivity index (χ0) is 17.7. The first-order valence-electron chi connectivity index (χ1n) is 7.87. The monoisotopic (exact) mass is 336 g/mol. The Bertz CT molecular complexity index is 1150. The largest absolute Gasteiger partial charge is 0.504 e. The second-order valence-electron chi connectivity index (χ2n) is 6.03. The maximum atomic E-state index is 9.94. The van der Waals surface area contributed by atoms with Crippen LogP contribution in [0.15, 0.2) is 42.6 Å². The van der Waals surface area contributed by atoms with E-state index in [-0.39, 0.29) is 11.5 Å². The minimum atomic E-state index is -0.132. The molecule has 0 atom stereocenters. The van der Waals surface area contributed by atoms with Crippen molar-refractivity contribution in [2.24, 2.45) is 7.05 Å². The van der Waals surface area contributed by atoms with Crippen LogP contribution in [-0.2, 0) is 7.05 Å². The molecule has 0 aliphatic carbocycles. The third-order valence-electron chi connectivity index (χ3n) is 4.64. The second-order valence-corrected chi connectivity index (χ2v) is 6.03. The lowest BCUT2D eigenvalue weighted by Gasteiger charge is -2.12. The number of nitrogens with zero attached hydrogens (tertiary/aromatic N) is 1. The van der Waals surface area contributed by atoms with E-state index in [0.717, 1.165) is 32.4 Å². The number of aromatic nitrogens is 1. The Kier molecular flexibility index (Phi) is 3.32. The van der Waals surface area contributed by atoms with E-state index in [9.17, 15) is 10.2 Å². The van der Waals surface area contributed by atoms with Crippen LogP contribution < -0.4 is 14.0 Å². The number of benzene rings is 3. The van der Waals surface area contributed by atoms with Crippen molar-refractivity contribution < 1.29 is 24.3 Å². The van der Waals surface area contributed by atoms with Gasteiger partial charge in [0.25, 0.3) is 0 Å². The van der Waals surface area contributed by atoms with Gasteiger partial charge in [-0.25, -0.2) is 0 Å². The molecule has 0 saturated carbocycles. The summed E-state index contributed by atoms with van der Waals surface area (Å²) in [6.45, 7) is 0. The number of phenolic OH excluding ortho intramolecular Hbond substituents is 2. The van der Waals surface area contributed by atoms with Gasteiger partial charge < -0.3 is 19.7 Å². The summed E-state index contributed by atoms with van der Waals surface area (Å²) < 4.78 is 13.0. The predicted octanol–water partition coefficient (Wildman–Crippen LogP) is 3.40. The molecule has 4 aromatic rings. The summed E-state index contributed by atoms with van der Waals surface area (Å²) in [5, 5.41) is 24.4. The zero-order valence-electron chi connectivity index (χ0n) is 14.2. The number of hydrogen-bond acceptors (Lipinski definition) is 4. The highest BCUT2D eigenvalue weighted by molar-refractivity contribution is 6.15. The molecule has 1 aromatic heterocycles. The summed E-state index contributed by atoms with van der Waals surface area (Å²) in [5.41, 5.74) is 0.965.